The second-order valence-corrected chi connectivity index (χ2v) is 21.7. The van der Waals surface area contributed by atoms with Gasteiger partial charge in [0, 0.05) is 58.0 Å². The van der Waals surface area contributed by atoms with Crippen molar-refractivity contribution in [2.75, 3.05) is 16.5 Å². The van der Waals surface area contributed by atoms with Gasteiger partial charge in [0.05, 0.1) is 28.1 Å². The number of para-hydroxylation sites is 3. The van der Waals surface area contributed by atoms with Crippen LogP contribution < -0.4 is 14.5 Å². The molecule has 370 valence electrons. The quantitative estimate of drug-likeness (QED) is 0.135. The van der Waals surface area contributed by atoms with Gasteiger partial charge in [-0.1, -0.05) is 110 Å². The Morgan fingerprint density at radius 2 is 1.05 bits per heavy atom. The lowest BCUT2D eigenvalue weighted by atomic mass is 9.82. The Hall–Kier alpha value is -8.17. The lowest BCUT2D eigenvalue weighted by Crippen LogP contribution is -2.25. The molecular formula is C65H56F4N4O. The highest BCUT2D eigenvalue weighted by Gasteiger charge is 2.34. The normalized spacial score (nSPS) is 12.9. The van der Waals surface area contributed by atoms with Crippen LogP contribution in [0.25, 0.3) is 61.0 Å². The molecule has 0 fully saturated rings. The minimum absolute atomic E-state index is 0.0859. The smallest absolute Gasteiger partial charge is 0.137 e. The molecule has 0 unspecified atom stereocenters. The second kappa shape index (κ2) is 18.4. The van der Waals surface area contributed by atoms with Crippen LogP contribution >= 0.6 is 0 Å². The number of halogens is 4. The maximum absolute atomic E-state index is 15.4. The highest BCUT2D eigenvalue weighted by atomic mass is 19.1. The van der Waals surface area contributed by atoms with E-state index in [2.05, 4.69) is 122 Å². The number of nitrogens with zero attached hydrogens (tertiary/aromatic N) is 4. The van der Waals surface area contributed by atoms with Crippen LogP contribution in [0.15, 0.2) is 176 Å². The molecule has 1 aliphatic rings. The molecule has 0 saturated carbocycles. The van der Waals surface area contributed by atoms with Gasteiger partial charge < -0.3 is 14.5 Å². The number of rotatable bonds is 9. The van der Waals surface area contributed by atoms with Crippen LogP contribution in [-0.2, 0) is 10.8 Å². The molecule has 9 heteroatoms. The van der Waals surface area contributed by atoms with Crippen molar-refractivity contribution >= 4 is 44.6 Å². The Balaban J connectivity index is 1.10. The first-order valence-electron chi connectivity index (χ1n) is 25.1. The van der Waals surface area contributed by atoms with E-state index in [9.17, 15) is 0 Å². The summed E-state index contributed by atoms with van der Waals surface area (Å²) in [6, 6.07) is 52.2. The minimum atomic E-state index is -0.744. The molecular weight excluding hydrogens is 929 g/mol. The Labute approximate surface area is 430 Å². The van der Waals surface area contributed by atoms with Gasteiger partial charge in [-0.15, -0.1) is 0 Å². The maximum atomic E-state index is 15.4. The van der Waals surface area contributed by atoms with E-state index in [4.69, 9.17) is 9.72 Å². The van der Waals surface area contributed by atoms with Gasteiger partial charge in [0.1, 0.15) is 47.3 Å². The van der Waals surface area contributed by atoms with E-state index in [1.165, 1.54) is 35.4 Å². The zero-order chi connectivity index (χ0) is 51.8. The van der Waals surface area contributed by atoms with Crippen molar-refractivity contribution in [3.05, 3.63) is 216 Å². The summed E-state index contributed by atoms with van der Waals surface area (Å²) in [6.07, 6.45) is 1.88. The van der Waals surface area contributed by atoms with Crippen molar-refractivity contribution in [2.45, 2.75) is 72.1 Å². The van der Waals surface area contributed by atoms with Crippen LogP contribution in [0, 0.1) is 23.3 Å². The zero-order valence-electron chi connectivity index (χ0n) is 42.7. The summed E-state index contributed by atoms with van der Waals surface area (Å²) in [5.41, 5.74) is 11.2. The van der Waals surface area contributed by atoms with Crippen LogP contribution in [0.5, 0.6) is 11.5 Å². The summed E-state index contributed by atoms with van der Waals surface area (Å²) in [5.74, 6) is -0.710. The summed E-state index contributed by atoms with van der Waals surface area (Å²) in [6.45, 7) is 17.3. The zero-order valence-corrected chi connectivity index (χ0v) is 42.7. The molecule has 0 atom stereocenters. The molecule has 0 radical (unpaired) electrons. The Morgan fingerprint density at radius 3 is 1.69 bits per heavy atom. The first-order chi connectivity index (χ1) is 35.4. The average Bonchev–Trinajstić information content (AvgIpc) is 3.92. The number of hydrogen-bond donors (Lipinski definition) is 0. The number of pyridine rings is 1. The minimum Gasteiger partial charge on any atom is -0.457 e. The molecule has 1 aliphatic heterocycles. The predicted molar refractivity (Wildman–Crippen MR) is 295 cm³/mol. The third kappa shape index (κ3) is 8.95. The first kappa shape index (κ1) is 48.1. The van der Waals surface area contributed by atoms with E-state index in [0.717, 1.165) is 73.5 Å². The van der Waals surface area contributed by atoms with E-state index in [-0.39, 0.29) is 29.1 Å². The van der Waals surface area contributed by atoms with E-state index in [1.54, 1.807) is 0 Å². The van der Waals surface area contributed by atoms with Crippen molar-refractivity contribution in [3.63, 3.8) is 0 Å². The summed E-state index contributed by atoms with van der Waals surface area (Å²) >= 11 is 0. The van der Waals surface area contributed by atoms with Gasteiger partial charge in [-0.05, 0) is 147 Å². The molecule has 5 nitrogen and oxygen atoms in total. The van der Waals surface area contributed by atoms with Crippen LogP contribution in [-0.4, -0.2) is 16.2 Å². The van der Waals surface area contributed by atoms with Gasteiger partial charge in [0.25, 0.3) is 0 Å². The van der Waals surface area contributed by atoms with E-state index < -0.39 is 28.7 Å². The van der Waals surface area contributed by atoms with Gasteiger partial charge in [0.2, 0.25) is 0 Å². The molecule has 0 bridgehead atoms. The van der Waals surface area contributed by atoms with Gasteiger partial charge in [-0.25, -0.2) is 22.5 Å². The molecule has 0 aliphatic carbocycles. The number of ether oxygens (including phenoxy) is 1. The highest BCUT2D eigenvalue weighted by molar-refractivity contribution is 6.09. The van der Waals surface area contributed by atoms with Crippen molar-refractivity contribution in [3.8, 4) is 50.7 Å². The molecule has 11 rings (SSSR count). The standard InChI is InChI=1S/C65H56F4N4O/c1-39(2)52-15-9-10-16-53(52)42-29-49(36-51(30-42)74-50-21-22-55-54-17-11-12-18-58(54)73(61(55)37-50)62-33-43(23-24-70-62)64(3,4)5)71-38-72(60-20-14-13-19-59(60)71)63-56(40-25-45(66)34-46(67)26-40)31-44(65(6,7)8)32-57(63)41-27-47(68)35-48(69)28-41/h9-37,39H,38H2,1-8H3. The largest absolute Gasteiger partial charge is 0.457 e. The van der Waals surface area contributed by atoms with E-state index in [0.29, 0.717) is 28.3 Å². The average molecular weight is 985 g/mol. The number of aromatic nitrogens is 2. The van der Waals surface area contributed by atoms with Crippen LogP contribution in [0.4, 0.5) is 40.3 Å². The van der Waals surface area contributed by atoms with Crippen molar-refractivity contribution in [1.29, 1.82) is 0 Å². The molecule has 0 amide bonds. The monoisotopic (exact) mass is 984 g/mol. The molecule has 0 saturated heterocycles. The van der Waals surface area contributed by atoms with Gasteiger partial charge in [-0.2, -0.15) is 0 Å². The fourth-order valence-electron chi connectivity index (χ4n) is 10.5. The molecule has 0 N–H and O–H groups in total. The molecule has 74 heavy (non-hydrogen) atoms. The van der Waals surface area contributed by atoms with Crippen molar-refractivity contribution in [2.24, 2.45) is 0 Å². The summed E-state index contributed by atoms with van der Waals surface area (Å²) in [4.78, 5) is 9.16. The topological polar surface area (TPSA) is 33.5 Å². The van der Waals surface area contributed by atoms with Gasteiger partial charge in [-0.3, -0.25) is 4.57 Å². The van der Waals surface area contributed by atoms with Crippen LogP contribution in [0.2, 0.25) is 0 Å². The Bertz CT molecular complexity index is 3710. The number of anilines is 4. The molecule has 10 aromatic rings. The molecule has 0 spiro atoms. The molecule has 2 aromatic heterocycles. The number of benzene rings is 8. The highest BCUT2D eigenvalue weighted by Crippen LogP contribution is 2.52. The summed E-state index contributed by atoms with van der Waals surface area (Å²) in [7, 11) is 0. The number of fused-ring (bicyclic) bond motifs is 4. The summed E-state index contributed by atoms with van der Waals surface area (Å²) < 4.78 is 70.7. The lowest BCUT2D eigenvalue weighted by molar-refractivity contribution is 0.483. The molecule has 3 heterocycles. The predicted octanol–water partition coefficient (Wildman–Crippen LogP) is 18.5. The SMILES string of the molecule is CC(C)c1ccccc1-c1cc(Oc2ccc3c4ccccc4n(-c4cc(C(C)(C)C)ccn4)c3c2)cc(N2CN(c3c(-c4cc(F)cc(F)c4)cc(C(C)(C)C)cc3-c3cc(F)cc(F)c3)c3ccccc32)c1. The lowest BCUT2D eigenvalue weighted by Gasteiger charge is -2.30. The fourth-order valence-corrected chi connectivity index (χ4v) is 10.5. The fraction of sp³-hybridized carbons (Fsp3) is 0.185. The third-order valence-electron chi connectivity index (χ3n) is 14.2. The van der Waals surface area contributed by atoms with Gasteiger partial charge in [0.15, 0.2) is 0 Å². The summed E-state index contributed by atoms with van der Waals surface area (Å²) in [5, 5.41) is 2.18. The van der Waals surface area contributed by atoms with Gasteiger partial charge >= 0.3 is 0 Å². The molecule has 8 aromatic carbocycles. The second-order valence-electron chi connectivity index (χ2n) is 21.7. The van der Waals surface area contributed by atoms with Crippen LogP contribution in [0.3, 0.4) is 0 Å². The van der Waals surface area contributed by atoms with Crippen molar-refractivity contribution < 1.29 is 22.3 Å². The number of hydrogen-bond acceptors (Lipinski definition) is 4. The van der Waals surface area contributed by atoms with Crippen molar-refractivity contribution in [1.82, 2.24) is 9.55 Å². The van der Waals surface area contributed by atoms with E-state index >= 15 is 17.6 Å². The third-order valence-corrected chi connectivity index (χ3v) is 14.2. The van der Waals surface area contributed by atoms with Crippen LogP contribution in [0.1, 0.15) is 78.0 Å². The Kier molecular flexibility index (Phi) is 12.0. The maximum Gasteiger partial charge on any atom is 0.137 e. The first-order valence-corrected chi connectivity index (χ1v) is 25.1. The Morgan fingerprint density at radius 1 is 0.486 bits per heavy atom. The van der Waals surface area contributed by atoms with E-state index in [1.807, 2.05) is 87.6 Å².